The van der Waals surface area contributed by atoms with Gasteiger partial charge in [0, 0.05) is 13.5 Å². The van der Waals surface area contributed by atoms with Gasteiger partial charge >= 0.3 is 0 Å². The van der Waals surface area contributed by atoms with Crippen molar-refractivity contribution in [2.45, 2.75) is 51.0 Å². The molecule has 4 atom stereocenters. The molecule has 1 aliphatic heterocycles. The van der Waals surface area contributed by atoms with Gasteiger partial charge in [0.1, 0.15) is 0 Å². The lowest BCUT2D eigenvalue weighted by Crippen LogP contribution is -2.59. The Hall–Kier alpha value is -0.120. The van der Waals surface area contributed by atoms with Gasteiger partial charge in [0.05, 0.1) is 23.9 Å². The van der Waals surface area contributed by atoms with E-state index in [9.17, 15) is 0 Å². The Bertz CT molecular complexity index is 163. The first-order chi connectivity index (χ1) is 5.49. The molecule has 1 saturated heterocycles. The summed E-state index contributed by atoms with van der Waals surface area (Å²) in [6, 6.07) is -0.0290. The van der Waals surface area contributed by atoms with Gasteiger partial charge < -0.3 is 15.2 Å². The maximum absolute atomic E-state index is 5.98. The lowest BCUT2D eigenvalue weighted by atomic mass is 9.85. The van der Waals surface area contributed by atoms with E-state index in [1.807, 2.05) is 13.8 Å². The molecule has 0 amide bonds. The lowest BCUT2D eigenvalue weighted by Gasteiger charge is -2.44. The third kappa shape index (κ3) is 1.63. The van der Waals surface area contributed by atoms with E-state index in [2.05, 4.69) is 6.92 Å². The molecule has 12 heavy (non-hydrogen) atoms. The molecule has 0 radical (unpaired) electrons. The molecule has 0 aromatic carbocycles. The second-order valence-electron chi connectivity index (χ2n) is 3.90. The zero-order chi connectivity index (χ0) is 9.35. The van der Waals surface area contributed by atoms with Gasteiger partial charge in [-0.3, -0.25) is 0 Å². The summed E-state index contributed by atoms with van der Waals surface area (Å²) in [5, 5.41) is 0. The van der Waals surface area contributed by atoms with E-state index in [1.54, 1.807) is 7.11 Å². The molecule has 0 aromatic rings. The van der Waals surface area contributed by atoms with Crippen LogP contribution in [0.25, 0.3) is 0 Å². The van der Waals surface area contributed by atoms with Gasteiger partial charge in [-0.2, -0.15) is 0 Å². The Morgan fingerprint density at radius 3 is 2.58 bits per heavy atom. The van der Waals surface area contributed by atoms with Crippen molar-refractivity contribution >= 4 is 0 Å². The van der Waals surface area contributed by atoms with Crippen LogP contribution in [0.2, 0.25) is 0 Å². The lowest BCUT2D eigenvalue weighted by molar-refractivity contribution is -0.152. The summed E-state index contributed by atoms with van der Waals surface area (Å²) in [5.74, 6) is 0. The highest BCUT2D eigenvalue weighted by Gasteiger charge is 2.41. The highest BCUT2D eigenvalue weighted by molar-refractivity contribution is 4.96. The van der Waals surface area contributed by atoms with Gasteiger partial charge in [-0.1, -0.05) is 0 Å². The number of ether oxygens (including phenoxy) is 2. The summed E-state index contributed by atoms with van der Waals surface area (Å²) < 4.78 is 11.0. The van der Waals surface area contributed by atoms with Gasteiger partial charge in [0.15, 0.2) is 0 Å². The molecule has 0 aromatic heterocycles. The minimum absolute atomic E-state index is 0.0290. The molecular weight excluding hydrogens is 154 g/mol. The first-order valence-corrected chi connectivity index (χ1v) is 4.46. The van der Waals surface area contributed by atoms with Crippen LogP contribution in [0.15, 0.2) is 0 Å². The van der Waals surface area contributed by atoms with E-state index in [0.717, 1.165) is 6.42 Å². The number of hydrogen-bond donors (Lipinski definition) is 1. The molecule has 0 spiro atoms. The molecule has 0 aliphatic carbocycles. The van der Waals surface area contributed by atoms with Gasteiger partial charge in [0.25, 0.3) is 0 Å². The van der Waals surface area contributed by atoms with E-state index < -0.39 is 0 Å². The predicted molar refractivity (Wildman–Crippen MR) is 48.0 cm³/mol. The standard InChI is InChI=1S/C9H19NO2/c1-6-5-9(3,11-4)8(10)7(2)12-6/h6-8H,5,10H2,1-4H3/t6-,7-,8+,9+/m0/s1. The Morgan fingerprint density at radius 2 is 2.08 bits per heavy atom. The Balaban J connectivity index is 2.72. The normalized spacial score (nSPS) is 49.2. The molecule has 72 valence electrons. The fraction of sp³-hybridized carbons (Fsp3) is 1.00. The number of rotatable bonds is 1. The van der Waals surface area contributed by atoms with Crippen LogP contribution in [0, 0.1) is 0 Å². The molecule has 1 aliphatic rings. The average molecular weight is 173 g/mol. The van der Waals surface area contributed by atoms with E-state index in [4.69, 9.17) is 15.2 Å². The molecule has 0 unspecified atom stereocenters. The summed E-state index contributed by atoms with van der Waals surface area (Å²) in [4.78, 5) is 0. The van der Waals surface area contributed by atoms with Crippen molar-refractivity contribution in [3.63, 3.8) is 0 Å². The van der Waals surface area contributed by atoms with Gasteiger partial charge in [-0.15, -0.1) is 0 Å². The summed E-state index contributed by atoms with van der Waals surface area (Å²) in [7, 11) is 1.71. The van der Waals surface area contributed by atoms with Crippen LogP contribution in [0.3, 0.4) is 0 Å². The van der Waals surface area contributed by atoms with Crippen molar-refractivity contribution in [3.05, 3.63) is 0 Å². The number of hydrogen-bond acceptors (Lipinski definition) is 3. The summed E-state index contributed by atoms with van der Waals surface area (Å²) in [6.07, 6.45) is 1.19. The Labute approximate surface area is 74.2 Å². The van der Waals surface area contributed by atoms with Crippen molar-refractivity contribution < 1.29 is 9.47 Å². The molecule has 1 heterocycles. The van der Waals surface area contributed by atoms with Gasteiger partial charge in [-0.05, 0) is 20.8 Å². The highest BCUT2D eigenvalue weighted by atomic mass is 16.5. The van der Waals surface area contributed by atoms with Crippen molar-refractivity contribution in [1.82, 2.24) is 0 Å². The SMILES string of the molecule is CO[C@]1(C)C[C@H](C)O[C@@H](C)[C@H]1N. The second-order valence-corrected chi connectivity index (χ2v) is 3.90. The van der Waals surface area contributed by atoms with Crippen molar-refractivity contribution in [2.24, 2.45) is 5.73 Å². The predicted octanol–water partition coefficient (Wildman–Crippen LogP) is 0.916. The molecule has 1 fully saturated rings. The van der Waals surface area contributed by atoms with Crippen LogP contribution in [0.1, 0.15) is 27.2 Å². The molecular formula is C9H19NO2. The van der Waals surface area contributed by atoms with Gasteiger partial charge in [0.2, 0.25) is 0 Å². The van der Waals surface area contributed by atoms with Crippen LogP contribution >= 0.6 is 0 Å². The molecule has 3 heteroatoms. The zero-order valence-electron chi connectivity index (χ0n) is 8.33. The fourth-order valence-electron chi connectivity index (χ4n) is 1.92. The van der Waals surface area contributed by atoms with Crippen molar-refractivity contribution in [3.8, 4) is 0 Å². The highest BCUT2D eigenvalue weighted by Crippen LogP contribution is 2.30. The number of methoxy groups -OCH3 is 1. The molecule has 3 nitrogen and oxygen atoms in total. The summed E-state index contributed by atoms with van der Waals surface area (Å²) in [5.41, 5.74) is 5.75. The van der Waals surface area contributed by atoms with Crippen LogP contribution in [-0.2, 0) is 9.47 Å². The van der Waals surface area contributed by atoms with Crippen LogP contribution in [0.4, 0.5) is 0 Å². The monoisotopic (exact) mass is 173 g/mol. The molecule has 2 N–H and O–H groups in total. The smallest absolute Gasteiger partial charge is 0.0850 e. The Kier molecular flexibility index (Phi) is 2.76. The maximum atomic E-state index is 5.98. The van der Waals surface area contributed by atoms with E-state index in [-0.39, 0.29) is 23.9 Å². The maximum Gasteiger partial charge on any atom is 0.0850 e. The zero-order valence-corrected chi connectivity index (χ0v) is 8.33. The molecule has 0 bridgehead atoms. The van der Waals surface area contributed by atoms with Crippen LogP contribution in [0.5, 0.6) is 0 Å². The topological polar surface area (TPSA) is 44.5 Å². The molecule has 1 rings (SSSR count). The van der Waals surface area contributed by atoms with E-state index in [0.29, 0.717) is 0 Å². The number of nitrogens with two attached hydrogens (primary N) is 1. The third-order valence-corrected chi connectivity index (χ3v) is 2.82. The largest absolute Gasteiger partial charge is 0.377 e. The van der Waals surface area contributed by atoms with E-state index in [1.165, 1.54) is 0 Å². The second kappa shape index (κ2) is 3.32. The third-order valence-electron chi connectivity index (χ3n) is 2.82. The summed E-state index contributed by atoms with van der Waals surface area (Å²) >= 11 is 0. The van der Waals surface area contributed by atoms with Gasteiger partial charge in [-0.25, -0.2) is 0 Å². The first kappa shape index (κ1) is 9.96. The van der Waals surface area contributed by atoms with E-state index >= 15 is 0 Å². The fourth-order valence-corrected chi connectivity index (χ4v) is 1.92. The summed E-state index contributed by atoms with van der Waals surface area (Å²) in [6.45, 7) is 6.10. The minimum Gasteiger partial charge on any atom is -0.377 e. The average Bonchev–Trinajstić information content (AvgIpc) is 2.00. The van der Waals surface area contributed by atoms with Crippen molar-refractivity contribution in [2.75, 3.05) is 7.11 Å². The Morgan fingerprint density at radius 1 is 1.50 bits per heavy atom. The first-order valence-electron chi connectivity index (χ1n) is 4.46. The quantitative estimate of drug-likeness (QED) is 0.641. The van der Waals surface area contributed by atoms with Crippen LogP contribution < -0.4 is 5.73 Å². The molecule has 0 saturated carbocycles. The van der Waals surface area contributed by atoms with Crippen LogP contribution in [-0.4, -0.2) is 31.0 Å². The minimum atomic E-state index is -0.225. The van der Waals surface area contributed by atoms with Crippen molar-refractivity contribution in [1.29, 1.82) is 0 Å².